The van der Waals surface area contributed by atoms with E-state index in [1.165, 1.54) is 21.0 Å². The summed E-state index contributed by atoms with van der Waals surface area (Å²) in [6, 6.07) is 6.19. The summed E-state index contributed by atoms with van der Waals surface area (Å²) in [7, 11) is 1.27. The van der Waals surface area contributed by atoms with Crippen molar-refractivity contribution in [1.29, 1.82) is 0 Å². The maximum atomic E-state index is 11.5. The summed E-state index contributed by atoms with van der Waals surface area (Å²) >= 11 is 0. The molecule has 1 aromatic rings. The van der Waals surface area contributed by atoms with E-state index in [2.05, 4.69) is 10.1 Å². The van der Waals surface area contributed by atoms with Crippen LogP contribution in [0.5, 0.6) is 0 Å². The Morgan fingerprint density at radius 3 is 2.16 bits per heavy atom. The van der Waals surface area contributed by atoms with E-state index in [1.54, 1.807) is 24.3 Å². The smallest absolute Gasteiger partial charge is 0.328 e. The molecule has 0 aliphatic heterocycles. The first kappa shape index (κ1) is 14.9. The highest BCUT2D eigenvalue weighted by atomic mass is 16.5. The number of rotatable bonds is 5. The van der Waals surface area contributed by atoms with E-state index in [1.807, 2.05) is 0 Å². The molecule has 0 aliphatic carbocycles. The second-order valence-electron chi connectivity index (χ2n) is 4.23. The summed E-state index contributed by atoms with van der Waals surface area (Å²) < 4.78 is 4.64. The number of nitrogens with one attached hydrogen (secondary N) is 1. The lowest BCUT2D eigenvalue weighted by molar-refractivity contribution is -0.144. The van der Waals surface area contributed by atoms with Crippen molar-refractivity contribution in [1.82, 2.24) is 5.32 Å². The molecule has 0 aliphatic rings. The average Bonchev–Trinajstić information content (AvgIpc) is 2.37. The zero-order valence-electron chi connectivity index (χ0n) is 11.2. The van der Waals surface area contributed by atoms with Crippen molar-refractivity contribution in [2.75, 3.05) is 7.11 Å². The summed E-state index contributed by atoms with van der Waals surface area (Å²) in [5, 5.41) is 2.54. The highest BCUT2D eigenvalue weighted by Crippen LogP contribution is 2.08. The van der Waals surface area contributed by atoms with Crippen LogP contribution in [-0.4, -0.2) is 30.8 Å². The molecule has 1 N–H and O–H groups in total. The van der Waals surface area contributed by atoms with Crippen LogP contribution in [0.4, 0.5) is 0 Å². The lowest BCUT2D eigenvalue weighted by Gasteiger charge is -2.15. The molecule has 0 fully saturated rings. The number of benzene rings is 1. The molecule has 1 amide bonds. The number of ether oxygens (including phenoxy) is 1. The average molecular weight is 263 g/mol. The molecule has 1 rings (SSSR count). The second kappa shape index (κ2) is 6.68. The third-order valence-corrected chi connectivity index (χ3v) is 2.66. The van der Waals surface area contributed by atoms with Gasteiger partial charge in [0.05, 0.1) is 7.11 Å². The quantitative estimate of drug-likeness (QED) is 0.638. The minimum absolute atomic E-state index is 0.0158. The Morgan fingerprint density at radius 2 is 1.74 bits per heavy atom. The number of ketones is 1. The Hall–Kier alpha value is -2.17. The largest absolute Gasteiger partial charge is 0.467 e. The number of methoxy groups -OCH3 is 1. The molecule has 0 saturated carbocycles. The first-order valence-electron chi connectivity index (χ1n) is 5.89. The predicted molar refractivity (Wildman–Crippen MR) is 69.8 cm³/mol. The van der Waals surface area contributed by atoms with Crippen molar-refractivity contribution in [3.8, 4) is 0 Å². The summed E-state index contributed by atoms with van der Waals surface area (Å²) in [6.07, 6.45) is 0.324. The van der Waals surface area contributed by atoms with Gasteiger partial charge in [0.25, 0.3) is 0 Å². The minimum atomic E-state index is -0.717. The molecule has 19 heavy (non-hydrogen) atoms. The summed E-state index contributed by atoms with van der Waals surface area (Å²) in [5.74, 6) is -0.806. The molecule has 0 bridgehead atoms. The zero-order valence-corrected chi connectivity index (χ0v) is 11.2. The van der Waals surface area contributed by atoms with Crippen LogP contribution in [0.1, 0.15) is 29.8 Å². The molecule has 0 aromatic heterocycles. The number of hydrogen-bond donors (Lipinski definition) is 1. The van der Waals surface area contributed by atoms with Crippen LogP contribution in [0.25, 0.3) is 0 Å². The van der Waals surface area contributed by atoms with Gasteiger partial charge in [-0.25, -0.2) is 4.79 Å². The molecule has 1 atom stereocenters. The van der Waals surface area contributed by atoms with E-state index in [9.17, 15) is 14.4 Å². The zero-order chi connectivity index (χ0) is 14.4. The molecule has 5 heteroatoms. The van der Waals surface area contributed by atoms with Gasteiger partial charge in [-0.05, 0) is 12.5 Å². The normalized spacial score (nSPS) is 11.5. The number of carbonyl (C=O) groups excluding carboxylic acids is 3. The SMILES string of the molecule is COC(=O)C(Cc1ccc(C(C)=O)cc1)NC(C)=O. The molecule has 0 heterocycles. The van der Waals surface area contributed by atoms with Crippen molar-refractivity contribution in [2.45, 2.75) is 26.3 Å². The van der Waals surface area contributed by atoms with Crippen LogP contribution in [0.3, 0.4) is 0 Å². The summed E-state index contributed by atoms with van der Waals surface area (Å²) in [6.45, 7) is 2.83. The molecular formula is C14H17NO4. The highest BCUT2D eigenvalue weighted by Gasteiger charge is 2.20. The Morgan fingerprint density at radius 1 is 1.16 bits per heavy atom. The fourth-order valence-electron chi connectivity index (χ4n) is 1.69. The molecule has 1 aromatic carbocycles. The van der Waals surface area contributed by atoms with Gasteiger partial charge in [0.1, 0.15) is 6.04 Å². The van der Waals surface area contributed by atoms with Gasteiger partial charge in [-0.2, -0.15) is 0 Å². The fraction of sp³-hybridized carbons (Fsp3) is 0.357. The molecule has 0 saturated heterocycles. The van der Waals surface area contributed by atoms with Gasteiger partial charge < -0.3 is 10.1 Å². The van der Waals surface area contributed by atoms with E-state index >= 15 is 0 Å². The van der Waals surface area contributed by atoms with E-state index < -0.39 is 12.0 Å². The second-order valence-corrected chi connectivity index (χ2v) is 4.23. The van der Waals surface area contributed by atoms with Crippen LogP contribution in [-0.2, 0) is 20.7 Å². The minimum Gasteiger partial charge on any atom is -0.467 e. The van der Waals surface area contributed by atoms with Gasteiger partial charge >= 0.3 is 5.97 Å². The number of Topliss-reactive ketones (excluding diaryl/α,β-unsaturated/α-hetero) is 1. The van der Waals surface area contributed by atoms with Crippen LogP contribution >= 0.6 is 0 Å². The van der Waals surface area contributed by atoms with Crippen LogP contribution in [0.2, 0.25) is 0 Å². The van der Waals surface area contributed by atoms with Crippen LogP contribution in [0, 0.1) is 0 Å². The third kappa shape index (κ3) is 4.54. The summed E-state index contributed by atoms with van der Waals surface area (Å²) in [5.41, 5.74) is 1.45. The monoisotopic (exact) mass is 263 g/mol. The first-order valence-corrected chi connectivity index (χ1v) is 5.89. The molecule has 0 radical (unpaired) electrons. The topological polar surface area (TPSA) is 72.5 Å². The van der Waals surface area contributed by atoms with Crippen LogP contribution < -0.4 is 5.32 Å². The lowest BCUT2D eigenvalue weighted by atomic mass is 10.0. The van der Waals surface area contributed by atoms with Gasteiger partial charge in [-0.3, -0.25) is 9.59 Å². The molecule has 102 valence electrons. The predicted octanol–water partition coefficient (Wildman–Crippen LogP) is 1.11. The number of amides is 1. The van der Waals surface area contributed by atoms with Crippen molar-refractivity contribution in [2.24, 2.45) is 0 Å². The van der Waals surface area contributed by atoms with Gasteiger partial charge in [0.2, 0.25) is 5.91 Å². The van der Waals surface area contributed by atoms with E-state index in [0.29, 0.717) is 12.0 Å². The maximum Gasteiger partial charge on any atom is 0.328 e. The Kier molecular flexibility index (Phi) is 5.23. The molecule has 0 spiro atoms. The lowest BCUT2D eigenvalue weighted by Crippen LogP contribution is -2.41. The van der Waals surface area contributed by atoms with Gasteiger partial charge in [-0.15, -0.1) is 0 Å². The standard InChI is InChI=1S/C14H17NO4/c1-9(16)12-6-4-11(5-7-12)8-13(14(18)19-3)15-10(2)17/h4-7,13H,8H2,1-3H3,(H,15,17). The van der Waals surface area contributed by atoms with Gasteiger partial charge in [0, 0.05) is 18.9 Å². The Bertz CT molecular complexity index is 479. The Balaban J connectivity index is 2.81. The van der Waals surface area contributed by atoms with E-state index in [4.69, 9.17) is 0 Å². The van der Waals surface area contributed by atoms with Crippen LogP contribution in [0.15, 0.2) is 24.3 Å². The Labute approximate surface area is 111 Å². The van der Waals surface area contributed by atoms with E-state index in [0.717, 1.165) is 5.56 Å². The van der Waals surface area contributed by atoms with Gasteiger partial charge in [0.15, 0.2) is 5.78 Å². The van der Waals surface area contributed by atoms with Crippen molar-refractivity contribution in [3.63, 3.8) is 0 Å². The molecule has 1 unspecified atom stereocenters. The number of hydrogen-bond acceptors (Lipinski definition) is 4. The molecular weight excluding hydrogens is 246 g/mol. The van der Waals surface area contributed by atoms with Crippen molar-refractivity contribution >= 4 is 17.7 Å². The fourth-order valence-corrected chi connectivity index (χ4v) is 1.69. The van der Waals surface area contributed by atoms with Crippen molar-refractivity contribution < 1.29 is 19.1 Å². The van der Waals surface area contributed by atoms with E-state index in [-0.39, 0.29) is 11.7 Å². The summed E-state index contributed by atoms with van der Waals surface area (Å²) in [4.78, 5) is 33.7. The number of carbonyl (C=O) groups is 3. The van der Waals surface area contributed by atoms with Gasteiger partial charge in [-0.1, -0.05) is 24.3 Å². The highest BCUT2D eigenvalue weighted by molar-refractivity contribution is 5.94. The maximum absolute atomic E-state index is 11.5. The molecule has 5 nitrogen and oxygen atoms in total. The third-order valence-electron chi connectivity index (χ3n) is 2.66. The van der Waals surface area contributed by atoms with Crippen molar-refractivity contribution in [3.05, 3.63) is 35.4 Å². The number of esters is 1. The first-order chi connectivity index (χ1) is 8.93.